The average molecular weight is 604 g/mol. The summed E-state index contributed by atoms with van der Waals surface area (Å²) in [6.45, 7) is 10.3. The van der Waals surface area contributed by atoms with Crippen LogP contribution >= 0.6 is 0 Å². The van der Waals surface area contributed by atoms with E-state index in [0.29, 0.717) is 26.4 Å². The van der Waals surface area contributed by atoms with E-state index >= 15 is 0 Å². The number of benzene rings is 4. The molecule has 0 heterocycles. The van der Waals surface area contributed by atoms with E-state index in [2.05, 4.69) is 100 Å². The summed E-state index contributed by atoms with van der Waals surface area (Å²) < 4.78 is 26.8. The Morgan fingerprint density at radius 1 is 0.436 bits per heavy atom. The van der Waals surface area contributed by atoms with Crippen LogP contribution < -0.4 is 0 Å². The fourth-order valence-electron chi connectivity index (χ4n) is 4.22. The Labute approximate surface area is 240 Å². The minimum atomic E-state index is -4.63. The standard InChI is InChI=1S/2C10H13O.2C7H7O.Zr/c2*1-10(2,8-11)9-6-4-3-5-7-9;2*8-6-7-4-2-1-3-5-7;/h2*3-7H,8H2,1-2H3;2*1-5H,6H2;/q4*-1;+4. The van der Waals surface area contributed by atoms with Gasteiger partial charge in [-0.15, -0.1) is 0 Å². The normalized spacial score (nSPS) is 12.4. The molecule has 204 valence electrons. The van der Waals surface area contributed by atoms with Crippen molar-refractivity contribution in [3.63, 3.8) is 0 Å². The van der Waals surface area contributed by atoms with Crippen LogP contribution in [0.2, 0.25) is 0 Å². The van der Waals surface area contributed by atoms with E-state index in [1.807, 2.05) is 48.5 Å². The van der Waals surface area contributed by atoms with Gasteiger partial charge in [0.15, 0.2) is 0 Å². The first-order valence-electron chi connectivity index (χ1n) is 13.5. The van der Waals surface area contributed by atoms with Crippen LogP contribution in [0.1, 0.15) is 49.9 Å². The van der Waals surface area contributed by atoms with E-state index in [0.717, 1.165) is 11.1 Å². The zero-order chi connectivity index (χ0) is 27.6. The molecule has 0 amide bonds. The van der Waals surface area contributed by atoms with E-state index in [-0.39, 0.29) is 10.8 Å². The fraction of sp³-hybridized carbons (Fsp3) is 0.294. The summed E-state index contributed by atoms with van der Waals surface area (Å²) in [6, 6.07) is 41.1. The van der Waals surface area contributed by atoms with Gasteiger partial charge in [0.05, 0.1) is 0 Å². The number of rotatable bonds is 14. The Morgan fingerprint density at radius 2 is 0.744 bits per heavy atom. The summed E-state index contributed by atoms with van der Waals surface area (Å²) in [4.78, 5) is 0. The molecule has 0 aliphatic heterocycles. The molecule has 5 heteroatoms. The van der Waals surface area contributed by atoms with E-state index < -0.39 is 22.0 Å². The molecular formula is C34H40O4Zr. The molecule has 4 aromatic carbocycles. The molecule has 0 saturated carbocycles. The second-order valence-electron chi connectivity index (χ2n) is 11.1. The quantitative estimate of drug-likeness (QED) is 0.146. The van der Waals surface area contributed by atoms with Gasteiger partial charge in [-0.05, 0) is 0 Å². The van der Waals surface area contributed by atoms with E-state index in [1.54, 1.807) is 0 Å². The molecule has 0 N–H and O–H groups in total. The van der Waals surface area contributed by atoms with Gasteiger partial charge in [0.25, 0.3) is 0 Å². The molecule has 0 aliphatic rings. The predicted octanol–water partition coefficient (Wildman–Crippen LogP) is 8.22. The van der Waals surface area contributed by atoms with Crippen molar-refractivity contribution in [3.8, 4) is 0 Å². The molecule has 0 aromatic heterocycles. The van der Waals surface area contributed by atoms with Gasteiger partial charge < -0.3 is 0 Å². The summed E-state index contributed by atoms with van der Waals surface area (Å²) >= 11 is -4.63. The first-order chi connectivity index (χ1) is 18.8. The van der Waals surface area contributed by atoms with Gasteiger partial charge in [0.1, 0.15) is 0 Å². The first-order valence-corrected chi connectivity index (χ1v) is 17.5. The van der Waals surface area contributed by atoms with Gasteiger partial charge in [-0.1, -0.05) is 0 Å². The molecule has 0 unspecified atom stereocenters. The summed E-state index contributed by atoms with van der Waals surface area (Å²) in [5, 5.41) is 0. The van der Waals surface area contributed by atoms with Gasteiger partial charge in [0.2, 0.25) is 0 Å². The van der Waals surface area contributed by atoms with Crippen molar-refractivity contribution < 1.29 is 33.3 Å². The molecule has 4 nitrogen and oxygen atoms in total. The van der Waals surface area contributed by atoms with Gasteiger partial charge in [-0.3, -0.25) is 0 Å². The van der Waals surface area contributed by atoms with Crippen molar-refractivity contribution in [2.24, 2.45) is 0 Å². The molecule has 0 fully saturated rings. The van der Waals surface area contributed by atoms with E-state index in [1.165, 1.54) is 11.1 Å². The Balaban J connectivity index is 1.62. The third-order valence-corrected chi connectivity index (χ3v) is 11.7. The molecule has 0 bridgehead atoms. The summed E-state index contributed by atoms with van der Waals surface area (Å²) in [6.07, 6.45) is 0. The van der Waals surface area contributed by atoms with Crippen LogP contribution in [0.5, 0.6) is 0 Å². The third-order valence-electron chi connectivity index (χ3n) is 6.85. The Bertz CT molecular complexity index is 1140. The second-order valence-corrected chi connectivity index (χ2v) is 16.4. The van der Waals surface area contributed by atoms with Crippen LogP contribution in [0.3, 0.4) is 0 Å². The molecule has 0 spiro atoms. The minimum absolute atomic E-state index is 0.256. The molecule has 39 heavy (non-hydrogen) atoms. The maximum atomic E-state index is 6.77. The zero-order valence-electron chi connectivity index (χ0n) is 23.5. The van der Waals surface area contributed by atoms with Crippen LogP contribution in [0.4, 0.5) is 0 Å². The molecule has 0 atom stereocenters. The Hall–Kier alpha value is -2.40. The van der Waals surface area contributed by atoms with Gasteiger partial charge in [0, 0.05) is 0 Å². The molecule has 0 saturated heterocycles. The third kappa shape index (κ3) is 8.80. The zero-order valence-corrected chi connectivity index (χ0v) is 26.0. The molecular weight excluding hydrogens is 564 g/mol. The SMILES string of the molecule is CC(C)(C[O][Zr]([O]Cc1ccccc1)([O]Cc1ccccc1)[O]CC(C)(C)c1ccccc1)c1ccccc1. The van der Waals surface area contributed by atoms with Crippen LogP contribution in [-0.4, -0.2) is 13.2 Å². The first kappa shape index (κ1) is 29.6. The fourth-order valence-corrected chi connectivity index (χ4v) is 9.79. The predicted molar refractivity (Wildman–Crippen MR) is 153 cm³/mol. The molecule has 4 aromatic rings. The molecule has 0 aliphatic carbocycles. The van der Waals surface area contributed by atoms with Crippen LogP contribution in [0.15, 0.2) is 121 Å². The molecule has 4 rings (SSSR count). The van der Waals surface area contributed by atoms with Gasteiger partial charge >= 0.3 is 242 Å². The average Bonchev–Trinajstić information content (AvgIpc) is 2.98. The summed E-state index contributed by atoms with van der Waals surface area (Å²) in [5.74, 6) is 0. The summed E-state index contributed by atoms with van der Waals surface area (Å²) in [7, 11) is 0. The number of hydrogen-bond acceptors (Lipinski definition) is 4. The van der Waals surface area contributed by atoms with E-state index in [9.17, 15) is 0 Å². The van der Waals surface area contributed by atoms with Crippen molar-refractivity contribution in [1.29, 1.82) is 0 Å². The second kappa shape index (κ2) is 13.8. The Kier molecular flexibility index (Phi) is 10.5. The monoisotopic (exact) mass is 602 g/mol. The van der Waals surface area contributed by atoms with Gasteiger partial charge in [-0.25, -0.2) is 0 Å². The van der Waals surface area contributed by atoms with Crippen LogP contribution in [-0.2, 0) is 57.3 Å². The Morgan fingerprint density at radius 3 is 1.08 bits per heavy atom. The van der Waals surface area contributed by atoms with Crippen molar-refractivity contribution in [2.75, 3.05) is 13.2 Å². The van der Waals surface area contributed by atoms with Gasteiger partial charge in [-0.2, -0.15) is 0 Å². The van der Waals surface area contributed by atoms with Crippen molar-refractivity contribution >= 4 is 0 Å². The van der Waals surface area contributed by atoms with E-state index in [4.69, 9.17) is 11.3 Å². The van der Waals surface area contributed by atoms with Crippen LogP contribution in [0, 0.1) is 0 Å². The summed E-state index contributed by atoms with van der Waals surface area (Å²) in [5.41, 5.74) is 3.99. The maximum absolute atomic E-state index is 6.77. The van der Waals surface area contributed by atoms with Crippen LogP contribution in [0.25, 0.3) is 0 Å². The molecule has 0 radical (unpaired) electrons. The number of hydrogen-bond donors (Lipinski definition) is 0. The van der Waals surface area contributed by atoms with Crippen molar-refractivity contribution in [1.82, 2.24) is 0 Å². The van der Waals surface area contributed by atoms with Crippen molar-refractivity contribution in [2.45, 2.75) is 51.7 Å². The topological polar surface area (TPSA) is 36.9 Å². The van der Waals surface area contributed by atoms with Crippen molar-refractivity contribution in [3.05, 3.63) is 144 Å².